The molecule has 8 heteroatoms. The van der Waals surface area contributed by atoms with Gasteiger partial charge >= 0.3 is 0 Å². The number of amides is 1. The van der Waals surface area contributed by atoms with Crippen LogP contribution in [0.2, 0.25) is 0 Å². The third-order valence-corrected chi connectivity index (χ3v) is 6.93. The molecule has 3 aliphatic rings. The first-order valence-electron chi connectivity index (χ1n) is 11.9. The van der Waals surface area contributed by atoms with E-state index in [9.17, 15) is 14.0 Å². The number of alkyl halides is 1. The van der Waals surface area contributed by atoms with E-state index in [1.165, 1.54) is 5.57 Å². The predicted octanol–water partition coefficient (Wildman–Crippen LogP) is 3.78. The predicted molar refractivity (Wildman–Crippen MR) is 128 cm³/mol. The lowest BCUT2D eigenvalue weighted by molar-refractivity contribution is -0.117. The largest absolute Gasteiger partial charge is 0.320 e. The summed E-state index contributed by atoms with van der Waals surface area (Å²) in [6.07, 6.45) is 8.24. The van der Waals surface area contributed by atoms with Gasteiger partial charge in [-0.1, -0.05) is 6.08 Å². The fraction of sp³-hybridized carbons (Fsp3) is 0.385. The molecule has 2 fully saturated rings. The summed E-state index contributed by atoms with van der Waals surface area (Å²) < 4.78 is 13.0. The van der Waals surface area contributed by atoms with Crippen LogP contribution in [0.25, 0.3) is 16.6 Å². The maximum Gasteiger partial charge on any atom is 0.252 e. The first kappa shape index (κ1) is 21.2. The number of nitrogens with zero attached hydrogens (tertiary/aromatic N) is 3. The molecule has 2 N–H and O–H groups in total. The number of anilines is 1. The van der Waals surface area contributed by atoms with Gasteiger partial charge in [-0.2, -0.15) is 0 Å². The molecule has 1 aliphatic heterocycles. The maximum atomic E-state index is 13.0. The average Bonchev–Trinajstić information content (AvgIpc) is 3.77. The van der Waals surface area contributed by atoms with E-state index in [1.807, 2.05) is 24.4 Å². The summed E-state index contributed by atoms with van der Waals surface area (Å²) in [6.45, 7) is 2.47. The second-order valence-corrected chi connectivity index (χ2v) is 9.60. The monoisotopic (exact) mass is 459 g/mol. The normalized spacial score (nSPS) is 22.4. The van der Waals surface area contributed by atoms with E-state index >= 15 is 0 Å². The van der Waals surface area contributed by atoms with Crippen LogP contribution in [0.5, 0.6) is 0 Å². The second kappa shape index (κ2) is 8.43. The molecule has 3 aromatic heterocycles. The van der Waals surface area contributed by atoms with Gasteiger partial charge in [-0.3, -0.25) is 19.5 Å². The van der Waals surface area contributed by atoms with Gasteiger partial charge in [-0.25, -0.2) is 9.37 Å². The van der Waals surface area contributed by atoms with Crippen LogP contribution in [0.3, 0.4) is 0 Å². The Morgan fingerprint density at radius 2 is 2.06 bits per heavy atom. The lowest BCUT2D eigenvalue weighted by Gasteiger charge is -2.26. The van der Waals surface area contributed by atoms with Crippen molar-refractivity contribution >= 4 is 28.3 Å². The van der Waals surface area contributed by atoms with Crippen molar-refractivity contribution in [2.24, 2.45) is 5.92 Å². The molecular weight excluding hydrogens is 433 g/mol. The standard InChI is InChI=1S/C26H26FN5O2/c27-21-10-20(21)26(34)31-24-4-3-18(13-29-24)16-5-7-32(8-6-16)14-15-9-23-22(28-12-15)11-19(17-1-2-17)25(33)30-23/h3-5,9,11-13,17,20-21H,1-2,6-8,10,14H2,(H,30,33)(H,29,31,34)/t20-,21+/m1/s1. The van der Waals surface area contributed by atoms with Crippen LogP contribution in [0.15, 0.2) is 47.5 Å². The number of pyridine rings is 3. The van der Waals surface area contributed by atoms with Gasteiger partial charge in [0.1, 0.15) is 12.0 Å². The highest BCUT2D eigenvalue weighted by Gasteiger charge is 2.43. The second-order valence-electron chi connectivity index (χ2n) is 9.60. The van der Waals surface area contributed by atoms with Crippen molar-refractivity contribution in [2.75, 3.05) is 18.4 Å². The highest BCUT2D eigenvalue weighted by atomic mass is 19.1. The minimum absolute atomic E-state index is 0.0119. The van der Waals surface area contributed by atoms with Gasteiger partial charge in [0.2, 0.25) is 5.91 Å². The third-order valence-electron chi connectivity index (χ3n) is 6.93. The van der Waals surface area contributed by atoms with Crippen LogP contribution < -0.4 is 10.9 Å². The van der Waals surface area contributed by atoms with Gasteiger partial charge in [-0.15, -0.1) is 0 Å². The zero-order valence-corrected chi connectivity index (χ0v) is 18.8. The summed E-state index contributed by atoms with van der Waals surface area (Å²) in [4.78, 5) is 38.5. The maximum absolute atomic E-state index is 13.0. The van der Waals surface area contributed by atoms with Crippen LogP contribution in [0, 0.1) is 5.92 Å². The number of hydrogen-bond acceptors (Lipinski definition) is 5. The van der Waals surface area contributed by atoms with Gasteiger partial charge in [0, 0.05) is 37.6 Å². The van der Waals surface area contributed by atoms with Crippen molar-refractivity contribution in [1.82, 2.24) is 19.9 Å². The van der Waals surface area contributed by atoms with Crippen molar-refractivity contribution in [1.29, 1.82) is 0 Å². The van der Waals surface area contributed by atoms with Crippen molar-refractivity contribution in [3.05, 3.63) is 69.8 Å². The Hall–Kier alpha value is -3.39. The van der Waals surface area contributed by atoms with Gasteiger partial charge in [0.15, 0.2) is 0 Å². The molecule has 7 nitrogen and oxygen atoms in total. The molecule has 2 atom stereocenters. The summed E-state index contributed by atoms with van der Waals surface area (Å²) in [5.74, 6) is 0.0422. The molecule has 4 heterocycles. The van der Waals surface area contributed by atoms with Crippen LogP contribution in [-0.4, -0.2) is 45.0 Å². The molecule has 1 amide bonds. The lowest BCUT2D eigenvalue weighted by Crippen LogP contribution is -2.28. The number of halogens is 1. The molecular formula is C26H26FN5O2. The van der Waals surface area contributed by atoms with Gasteiger partial charge in [-0.05, 0) is 72.6 Å². The topological polar surface area (TPSA) is 91.0 Å². The van der Waals surface area contributed by atoms with E-state index in [0.717, 1.165) is 66.6 Å². The smallest absolute Gasteiger partial charge is 0.252 e. The number of nitrogens with one attached hydrogen (secondary N) is 2. The van der Waals surface area contributed by atoms with Crippen LogP contribution in [-0.2, 0) is 11.3 Å². The SMILES string of the molecule is O=C(Nc1ccc(C2=CCN(Cc3cnc4cc(C5CC5)c(=O)[nH]c4c3)CC2)cn1)[C@@H]1C[C@@H]1F. The highest BCUT2D eigenvalue weighted by Crippen LogP contribution is 2.38. The molecule has 3 aromatic rings. The number of carbonyl (C=O) groups excluding carboxylic acids is 1. The van der Waals surface area contributed by atoms with Crippen molar-refractivity contribution in [3.8, 4) is 0 Å². The van der Waals surface area contributed by atoms with E-state index in [2.05, 4.69) is 31.2 Å². The first-order chi connectivity index (χ1) is 16.5. The van der Waals surface area contributed by atoms with Crippen LogP contribution in [0.4, 0.5) is 10.2 Å². The molecule has 0 unspecified atom stereocenters. The number of H-pyrrole nitrogens is 1. The number of aromatic nitrogens is 3. The number of rotatable bonds is 6. The Morgan fingerprint density at radius 1 is 1.21 bits per heavy atom. The summed E-state index contributed by atoms with van der Waals surface area (Å²) in [6, 6.07) is 7.69. The number of aromatic amines is 1. The van der Waals surface area contributed by atoms with E-state index in [4.69, 9.17) is 0 Å². The molecule has 0 spiro atoms. The van der Waals surface area contributed by atoms with E-state index < -0.39 is 12.1 Å². The molecule has 34 heavy (non-hydrogen) atoms. The molecule has 0 radical (unpaired) electrons. The fourth-order valence-electron chi connectivity index (χ4n) is 4.61. The Kier molecular flexibility index (Phi) is 5.25. The number of carbonyl (C=O) groups is 1. The Morgan fingerprint density at radius 3 is 2.74 bits per heavy atom. The van der Waals surface area contributed by atoms with Gasteiger partial charge in [0.05, 0.1) is 17.0 Å². The summed E-state index contributed by atoms with van der Waals surface area (Å²) in [5, 5.41) is 2.68. The minimum Gasteiger partial charge on any atom is -0.320 e. The van der Waals surface area contributed by atoms with Crippen molar-refractivity contribution in [3.63, 3.8) is 0 Å². The summed E-state index contributed by atoms with van der Waals surface area (Å²) >= 11 is 0. The molecule has 0 bridgehead atoms. The molecule has 6 rings (SSSR count). The first-order valence-corrected chi connectivity index (χ1v) is 11.9. The highest BCUT2D eigenvalue weighted by molar-refractivity contribution is 5.94. The lowest BCUT2D eigenvalue weighted by atomic mass is 10.0. The number of fused-ring (bicyclic) bond motifs is 1. The quantitative estimate of drug-likeness (QED) is 0.586. The molecule has 0 aromatic carbocycles. The van der Waals surface area contributed by atoms with E-state index in [1.54, 1.807) is 12.3 Å². The van der Waals surface area contributed by atoms with E-state index in [0.29, 0.717) is 18.2 Å². The van der Waals surface area contributed by atoms with Gasteiger partial charge in [0.25, 0.3) is 5.56 Å². The van der Waals surface area contributed by atoms with Gasteiger partial charge < -0.3 is 10.3 Å². The van der Waals surface area contributed by atoms with Crippen LogP contribution >= 0.6 is 0 Å². The Bertz CT molecular complexity index is 1350. The van der Waals surface area contributed by atoms with Crippen molar-refractivity contribution in [2.45, 2.75) is 44.3 Å². The summed E-state index contributed by atoms with van der Waals surface area (Å²) in [7, 11) is 0. The number of hydrogen-bond donors (Lipinski definition) is 2. The minimum atomic E-state index is -1.01. The zero-order chi connectivity index (χ0) is 23.2. The average molecular weight is 460 g/mol. The molecule has 2 aliphatic carbocycles. The van der Waals surface area contributed by atoms with Crippen LogP contribution in [0.1, 0.15) is 48.3 Å². The van der Waals surface area contributed by atoms with Crippen molar-refractivity contribution < 1.29 is 9.18 Å². The molecule has 2 saturated carbocycles. The Balaban J connectivity index is 1.09. The zero-order valence-electron chi connectivity index (χ0n) is 18.8. The molecule has 174 valence electrons. The summed E-state index contributed by atoms with van der Waals surface area (Å²) in [5.41, 5.74) is 5.85. The van der Waals surface area contributed by atoms with E-state index in [-0.39, 0.29) is 11.5 Å². The fourth-order valence-corrected chi connectivity index (χ4v) is 4.61. The Labute approximate surface area is 196 Å². The molecule has 0 saturated heterocycles. The third kappa shape index (κ3) is 4.37.